The number of carbonyl (C=O) groups is 6. The quantitative estimate of drug-likeness (QED) is 0.0615. The predicted octanol–water partition coefficient (Wildman–Crippen LogP) is -2.39. The largest absolute Gasteiger partial charge is 0.394 e. The van der Waals surface area contributed by atoms with Crippen molar-refractivity contribution in [3.63, 3.8) is 0 Å². The van der Waals surface area contributed by atoms with Crippen molar-refractivity contribution in [1.82, 2.24) is 21.3 Å². The van der Waals surface area contributed by atoms with Gasteiger partial charge in [0.2, 0.25) is 0 Å². The van der Waals surface area contributed by atoms with E-state index >= 15 is 0 Å². The van der Waals surface area contributed by atoms with Crippen LogP contribution in [0.1, 0.15) is 48.4 Å². The lowest BCUT2D eigenvalue weighted by molar-refractivity contribution is -0.123. The summed E-state index contributed by atoms with van der Waals surface area (Å²) >= 11 is 10.9. The van der Waals surface area contributed by atoms with Crippen LogP contribution in [0.2, 0.25) is 0 Å². The number of benzene rings is 2. The van der Waals surface area contributed by atoms with Gasteiger partial charge in [-0.15, -0.1) is 0 Å². The van der Waals surface area contributed by atoms with Gasteiger partial charge >= 0.3 is 0 Å². The number of carbonyl (C=O) groups excluding carboxylic acids is 6. The van der Waals surface area contributed by atoms with Crippen molar-refractivity contribution >= 4 is 182 Å². The van der Waals surface area contributed by atoms with E-state index in [0.29, 0.717) is 7.14 Å². The van der Waals surface area contributed by atoms with Crippen LogP contribution in [0.5, 0.6) is 0 Å². The predicted molar refractivity (Wildman–Crippen MR) is 272 cm³/mol. The summed E-state index contributed by atoms with van der Waals surface area (Å²) in [5.41, 5.74) is 0.464. The summed E-state index contributed by atoms with van der Waals surface area (Å²) in [6, 6.07) is -1.89. The molecule has 348 valence electrons. The number of aliphatic hydroxyl groups excluding tert-OH is 10. The molecule has 0 aliphatic rings. The van der Waals surface area contributed by atoms with Crippen molar-refractivity contribution in [2.24, 2.45) is 0 Å². The van der Waals surface area contributed by atoms with Crippen LogP contribution in [0.25, 0.3) is 0 Å². The fourth-order valence-corrected chi connectivity index (χ4v) is 13.8. The zero-order valence-corrected chi connectivity index (χ0v) is 45.3. The van der Waals surface area contributed by atoms with E-state index in [0.717, 1.165) is 4.90 Å². The lowest BCUT2D eigenvalue weighted by Gasteiger charge is -2.25. The number of aliphatic hydroxyl groups is 10. The van der Waals surface area contributed by atoms with Crippen LogP contribution in [0.15, 0.2) is 0 Å². The van der Waals surface area contributed by atoms with E-state index in [2.05, 4.69) is 26.6 Å². The maximum atomic E-state index is 12.9. The first-order valence-corrected chi connectivity index (χ1v) is 24.0. The Labute approximate surface area is 436 Å². The summed E-state index contributed by atoms with van der Waals surface area (Å²) < 4.78 is 1.67. The SMILES string of the molecule is CN(C(=O)CO)c1c(I)c(C(=O)NCC(O)CO)c(I)c(C(=O)NCC(O)CO)c1I.C[C@H](O)C(=O)Nc1c(I)c(C(=O)NC(CO)CO)c(I)c(C(=O)NC(CO)CO)c1I. The molecule has 0 bridgehead atoms. The molecule has 15 N–H and O–H groups in total. The van der Waals surface area contributed by atoms with Gasteiger partial charge in [0.1, 0.15) is 12.7 Å². The normalized spacial score (nSPS) is 12.5. The molecule has 2 aromatic carbocycles. The van der Waals surface area contributed by atoms with Crippen molar-refractivity contribution in [3.8, 4) is 0 Å². The molecule has 28 heteroatoms. The summed E-state index contributed by atoms with van der Waals surface area (Å²) in [5, 5.41) is 105. The smallest absolute Gasteiger partial charge is 0.253 e. The molecule has 2 rings (SSSR count). The number of halogens is 6. The van der Waals surface area contributed by atoms with Gasteiger partial charge in [0.15, 0.2) is 0 Å². The van der Waals surface area contributed by atoms with Gasteiger partial charge in [-0.1, -0.05) is 0 Å². The molecule has 6 amide bonds. The van der Waals surface area contributed by atoms with E-state index in [4.69, 9.17) is 10.2 Å². The number of hydrogen-bond donors (Lipinski definition) is 15. The highest BCUT2D eigenvalue weighted by Crippen LogP contribution is 2.38. The summed E-state index contributed by atoms with van der Waals surface area (Å²) in [6.07, 6.45) is -3.71. The van der Waals surface area contributed by atoms with Crippen LogP contribution in [0.3, 0.4) is 0 Å². The number of amides is 6. The van der Waals surface area contributed by atoms with Crippen LogP contribution in [-0.2, 0) is 9.59 Å². The Kier molecular flexibility index (Phi) is 27.8. The standard InChI is InChI=1S/2C17H22I3N3O8/c1-23(9(29)6-26)15-13(19)10(16(30)21-2-7(27)4-24)12(18)11(14(15)20)17(31)22-3-8(28)5-25;1-6(28)15(29)23-14-12(19)9(16(30)21-7(2-24)3-25)11(18)10(13(14)20)17(31)22-8(4-26)5-27/h7-8,24-28H,2-6H2,1H3,(H,21,30)(H,22,31);6-8,24-28H,2-5H2,1H3,(H,21,30)(H,22,31)(H,23,29)/t;6-/m.0/s1. The van der Waals surface area contributed by atoms with Crippen molar-refractivity contribution in [2.75, 3.05) is 76.6 Å². The third-order valence-corrected chi connectivity index (χ3v) is 14.4. The fourth-order valence-electron chi connectivity index (χ4n) is 4.52. The van der Waals surface area contributed by atoms with E-state index in [-0.39, 0.29) is 61.0 Å². The van der Waals surface area contributed by atoms with Gasteiger partial charge in [-0.05, 0) is 142 Å². The van der Waals surface area contributed by atoms with Crippen LogP contribution >= 0.6 is 136 Å². The van der Waals surface area contributed by atoms with Gasteiger partial charge in [0, 0.05) is 27.3 Å². The van der Waals surface area contributed by atoms with E-state index in [1.165, 1.54) is 14.0 Å². The van der Waals surface area contributed by atoms with Crippen LogP contribution < -0.4 is 31.5 Å². The molecule has 2 unspecified atom stereocenters. The van der Waals surface area contributed by atoms with E-state index < -0.39 is 112 Å². The monoisotopic (exact) mass is 1550 g/mol. The molecule has 0 heterocycles. The topological polar surface area (TPSA) is 368 Å². The number of rotatable bonds is 20. The molecule has 0 aliphatic carbocycles. The first-order valence-electron chi connectivity index (χ1n) is 17.5. The second-order valence-electron chi connectivity index (χ2n) is 12.5. The van der Waals surface area contributed by atoms with Gasteiger partial charge < -0.3 is 82.5 Å². The second kappa shape index (κ2) is 29.1. The van der Waals surface area contributed by atoms with Crippen molar-refractivity contribution in [1.29, 1.82) is 0 Å². The van der Waals surface area contributed by atoms with Crippen molar-refractivity contribution in [2.45, 2.75) is 37.3 Å². The molecule has 2 aromatic rings. The summed E-state index contributed by atoms with van der Waals surface area (Å²) in [7, 11) is 1.39. The lowest BCUT2D eigenvalue weighted by Crippen LogP contribution is -2.42. The minimum atomic E-state index is -1.36. The molecule has 0 saturated carbocycles. The third kappa shape index (κ3) is 16.2. The summed E-state index contributed by atoms with van der Waals surface area (Å²) in [6.45, 7) is -3.20. The Balaban J connectivity index is 0.000000620. The molecule has 0 saturated heterocycles. The Hall–Kier alpha value is -0.760. The van der Waals surface area contributed by atoms with Gasteiger partial charge in [-0.3, -0.25) is 28.8 Å². The number of hydrogen-bond acceptors (Lipinski definition) is 16. The van der Waals surface area contributed by atoms with Crippen LogP contribution in [0.4, 0.5) is 11.4 Å². The number of likely N-dealkylation sites (N-methyl/N-ethyl adjacent to an activating group) is 1. The van der Waals surface area contributed by atoms with Gasteiger partial charge in [0.05, 0.1) is 112 Å². The maximum Gasteiger partial charge on any atom is 0.253 e. The Bertz CT molecular complexity index is 1830. The minimum Gasteiger partial charge on any atom is -0.394 e. The van der Waals surface area contributed by atoms with Gasteiger partial charge in [-0.25, -0.2) is 0 Å². The molecule has 0 radical (unpaired) electrons. The van der Waals surface area contributed by atoms with Gasteiger partial charge in [0.25, 0.3) is 35.4 Å². The molecular weight excluding hydrogens is 1510 g/mol. The van der Waals surface area contributed by atoms with E-state index in [1.54, 1.807) is 22.6 Å². The van der Waals surface area contributed by atoms with Crippen LogP contribution in [-0.4, -0.2) is 183 Å². The highest BCUT2D eigenvalue weighted by molar-refractivity contribution is 14.1. The lowest BCUT2D eigenvalue weighted by atomic mass is 10.1. The fraction of sp³-hybridized carbons (Fsp3) is 0.471. The second-order valence-corrected chi connectivity index (χ2v) is 19.0. The molecule has 3 atom stereocenters. The van der Waals surface area contributed by atoms with Gasteiger partial charge in [-0.2, -0.15) is 0 Å². The number of nitrogens with one attached hydrogen (secondary N) is 5. The zero-order valence-electron chi connectivity index (χ0n) is 32.4. The highest BCUT2D eigenvalue weighted by atomic mass is 127. The number of nitrogens with zero attached hydrogens (tertiary/aromatic N) is 1. The first-order chi connectivity index (χ1) is 29.0. The Morgan fingerprint density at radius 2 is 0.871 bits per heavy atom. The molecule has 0 aliphatic heterocycles. The molecular formula is C34H44I6N6O16. The average molecular weight is 1550 g/mol. The van der Waals surface area contributed by atoms with Crippen molar-refractivity contribution in [3.05, 3.63) is 43.7 Å². The van der Waals surface area contributed by atoms with Crippen LogP contribution in [0, 0.1) is 21.4 Å². The third-order valence-electron chi connectivity index (χ3n) is 7.96. The molecule has 0 spiro atoms. The summed E-state index contributed by atoms with van der Waals surface area (Å²) in [4.78, 5) is 76.8. The minimum absolute atomic E-state index is 0.00380. The van der Waals surface area contributed by atoms with Crippen molar-refractivity contribution < 1.29 is 79.8 Å². The highest BCUT2D eigenvalue weighted by Gasteiger charge is 2.32. The molecule has 0 fully saturated rings. The Morgan fingerprint density at radius 3 is 1.16 bits per heavy atom. The first kappa shape index (κ1) is 59.3. The zero-order chi connectivity index (χ0) is 47.8. The maximum absolute atomic E-state index is 12.9. The molecule has 0 aromatic heterocycles. The average Bonchev–Trinajstić information content (AvgIpc) is 3.23. The molecule has 62 heavy (non-hydrogen) atoms. The number of anilines is 2. The van der Waals surface area contributed by atoms with E-state index in [1.807, 2.05) is 113 Å². The Morgan fingerprint density at radius 1 is 0.532 bits per heavy atom. The molecule has 22 nitrogen and oxygen atoms in total. The van der Waals surface area contributed by atoms with E-state index in [9.17, 15) is 69.6 Å². The summed E-state index contributed by atoms with van der Waals surface area (Å²) in [5.74, 6) is -4.13.